The number of hydrogen-bond donors (Lipinski definition) is 1. The van der Waals surface area contributed by atoms with Crippen LogP contribution in [0.5, 0.6) is 0 Å². The number of Topliss-reactive ketones (excluding diaryl/α,β-unsaturated/α-hetero) is 1. The lowest BCUT2D eigenvalue weighted by atomic mass is 9.86. The molecule has 2 nitrogen and oxygen atoms in total. The van der Waals surface area contributed by atoms with Crippen LogP contribution in [0.3, 0.4) is 0 Å². The second kappa shape index (κ2) is 3.40. The number of carbonyl (C=O) groups is 1. The average molecular weight is 195 g/mol. The van der Waals surface area contributed by atoms with Gasteiger partial charge in [0.1, 0.15) is 5.82 Å². The van der Waals surface area contributed by atoms with Crippen LogP contribution >= 0.6 is 0 Å². The lowest BCUT2D eigenvalue weighted by Gasteiger charge is -2.17. The van der Waals surface area contributed by atoms with E-state index in [0.29, 0.717) is 5.69 Å². The van der Waals surface area contributed by atoms with E-state index in [0.717, 1.165) is 0 Å². The third-order valence-electron chi connectivity index (χ3n) is 1.94. The van der Waals surface area contributed by atoms with Crippen LogP contribution in [-0.2, 0) is 0 Å². The van der Waals surface area contributed by atoms with Crippen LogP contribution in [0.15, 0.2) is 18.2 Å². The van der Waals surface area contributed by atoms with Crippen molar-refractivity contribution in [1.29, 1.82) is 0 Å². The minimum atomic E-state index is -0.540. The fraction of sp³-hybridized carbons (Fsp3) is 0.364. The van der Waals surface area contributed by atoms with Crippen LogP contribution in [0.25, 0.3) is 0 Å². The highest BCUT2D eigenvalue weighted by Gasteiger charge is 2.24. The van der Waals surface area contributed by atoms with Gasteiger partial charge in [-0.15, -0.1) is 0 Å². The number of anilines is 1. The standard InChI is InChI=1S/C11H14FNO/c1-11(2,3)10(14)8-6-7(12)4-5-9(8)13/h4-6H,13H2,1-3H3. The van der Waals surface area contributed by atoms with Crippen molar-refractivity contribution >= 4 is 11.5 Å². The highest BCUT2D eigenvalue weighted by atomic mass is 19.1. The number of ketones is 1. The molecule has 0 aliphatic heterocycles. The van der Waals surface area contributed by atoms with Gasteiger partial charge in [-0.05, 0) is 18.2 Å². The molecule has 1 aromatic carbocycles. The Labute approximate surface area is 82.9 Å². The minimum absolute atomic E-state index is 0.144. The molecule has 0 unspecified atom stereocenters. The van der Waals surface area contributed by atoms with Gasteiger partial charge in [-0.1, -0.05) is 20.8 Å². The number of benzene rings is 1. The first kappa shape index (κ1) is 10.7. The first-order valence-electron chi connectivity index (χ1n) is 4.42. The van der Waals surface area contributed by atoms with Crippen molar-refractivity contribution in [3.05, 3.63) is 29.6 Å². The van der Waals surface area contributed by atoms with Crippen molar-refractivity contribution in [1.82, 2.24) is 0 Å². The van der Waals surface area contributed by atoms with Gasteiger partial charge in [0.25, 0.3) is 0 Å². The van der Waals surface area contributed by atoms with E-state index in [1.54, 1.807) is 20.8 Å². The molecule has 14 heavy (non-hydrogen) atoms. The predicted octanol–water partition coefficient (Wildman–Crippen LogP) is 2.64. The summed E-state index contributed by atoms with van der Waals surface area (Å²) >= 11 is 0. The molecular formula is C11H14FNO. The average Bonchev–Trinajstić information content (AvgIpc) is 2.06. The van der Waals surface area contributed by atoms with Gasteiger partial charge in [-0.2, -0.15) is 0 Å². The Balaban J connectivity index is 3.19. The molecule has 0 aliphatic carbocycles. The van der Waals surface area contributed by atoms with Gasteiger partial charge in [0.15, 0.2) is 5.78 Å². The Hall–Kier alpha value is -1.38. The van der Waals surface area contributed by atoms with Gasteiger partial charge in [-0.3, -0.25) is 4.79 Å². The number of rotatable bonds is 1. The molecule has 0 fully saturated rings. The maximum Gasteiger partial charge on any atom is 0.170 e. The normalized spacial score (nSPS) is 11.4. The lowest BCUT2D eigenvalue weighted by molar-refractivity contribution is 0.0859. The smallest absolute Gasteiger partial charge is 0.170 e. The second-order valence-corrected chi connectivity index (χ2v) is 4.31. The van der Waals surface area contributed by atoms with E-state index in [1.165, 1.54) is 18.2 Å². The van der Waals surface area contributed by atoms with Crippen LogP contribution < -0.4 is 5.73 Å². The summed E-state index contributed by atoms with van der Waals surface area (Å²) < 4.78 is 12.9. The number of hydrogen-bond acceptors (Lipinski definition) is 2. The first-order chi connectivity index (χ1) is 6.32. The molecule has 0 amide bonds. The van der Waals surface area contributed by atoms with Crippen molar-refractivity contribution in [3.8, 4) is 0 Å². The summed E-state index contributed by atoms with van der Waals surface area (Å²) in [5.74, 6) is -0.582. The highest BCUT2D eigenvalue weighted by Crippen LogP contribution is 2.24. The topological polar surface area (TPSA) is 43.1 Å². The SMILES string of the molecule is CC(C)(C)C(=O)c1cc(F)ccc1N. The number of nitrogens with two attached hydrogens (primary N) is 1. The summed E-state index contributed by atoms with van der Waals surface area (Å²) in [6.45, 7) is 5.33. The third-order valence-corrected chi connectivity index (χ3v) is 1.94. The second-order valence-electron chi connectivity index (χ2n) is 4.31. The quantitative estimate of drug-likeness (QED) is 0.553. The van der Waals surface area contributed by atoms with Gasteiger partial charge in [0.2, 0.25) is 0 Å². The molecule has 1 rings (SSSR count). The fourth-order valence-electron chi connectivity index (χ4n) is 1.13. The first-order valence-corrected chi connectivity index (χ1v) is 4.42. The molecule has 0 aromatic heterocycles. The molecule has 0 saturated heterocycles. The van der Waals surface area contributed by atoms with E-state index < -0.39 is 11.2 Å². The molecule has 0 bridgehead atoms. The Kier molecular flexibility index (Phi) is 2.60. The molecule has 76 valence electrons. The van der Waals surface area contributed by atoms with Crippen LogP contribution in [0.1, 0.15) is 31.1 Å². The van der Waals surface area contributed by atoms with Gasteiger partial charge < -0.3 is 5.73 Å². The summed E-state index contributed by atoms with van der Waals surface area (Å²) in [6.07, 6.45) is 0. The maximum absolute atomic E-state index is 12.9. The summed E-state index contributed by atoms with van der Waals surface area (Å²) in [5.41, 5.74) is 5.65. The van der Waals surface area contributed by atoms with Gasteiger partial charge in [0, 0.05) is 16.7 Å². The Morgan fingerprint density at radius 3 is 2.43 bits per heavy atom. The predicted molar refractivity (Wildman–Crippen MR) is 54.6 cm³/mol. The third kappa shape index (κ3) is 2.10. The van der Waals surface area contributed by atoms with Crippen LogP contribution in [0, 0.1) is 11.2 Å². The highest BCUT2D eigenvalue weighted by molar-refractivity contribution is 6.03. The van der Waals surface area contributed by atoms with E-state index in [4.69, 9.17) is 5.73 Å². The molecular weight excluding hydrogens is 181 g/mol. The zero-order valence-electron chi connectivity index (χ0n) is 8.60. The van der Waals surface area contributed by atoms with E-state index in [1.807, 2.05) is 0 Å². The van der Waals surface area contributed by atoms with Crippen LogP contribution in [0.4, 0.5) is 10.1 Å². The van der Waals surface area contributed by atoms with Gasteiger partial charge in [-0.25, -0.2) is 4.39 Å². The van der Waals surface area contributed by atoms with Crippen molar-refractivity contribution in [2.24, 2.45) is 5.41 Å². The largest absolute Gasteiger partial charge is 0.398 e. The Bertz CT molecular complexity index is 366. The summed E-state index contributed by atoms with van der Waals surface area (Å²) in [4.78, 5) is 11.8. The maximum atomic E-state index is 12.9. The number of carbonyl (C=O) groups excluding carboxylic acids is 1. The van der Waals surface area contributed by atoms with E-state index in [9.17, 15) is 9.18 Å². The molecule has 0 spiro atoms. The summed E-state index contributed by atoms with van der Waals surface area (Å²) in [7, 11) is 0. The van der Waals surface area contributed by atoms with Crippen molar-refractivity contribution < 1.29 is 9.18 Å². The lowest BCUT2D eigenvalue weighted by Crippen LogP contribution is -2.21. The molecule has 3 heteroatoms. The molecule has 0 radical (unpaired) electrons. The van der Waals surface area contributed by atoms with E-state index in [2.05, 4.69) is 0 Å². The fourth-order valence-corrected chi connectivity index (χ4v) is 1.13. The van der Waals surface area contributed by atoms with Crippen molar-refractivity contribution in [2.75, 3.05) is 5.73 Å². The van der Waals surface area contributed by atoms with E-state index >= 15 is 0 Å². The minimum Gasteiger partial charge on any atom is -0.398 e. The molecule has 0 aliphatic rings. The molecule has 0 heterocycles. The van der Waals surface area contributed by atoms with Crippen molar-refractivity contribution in [2.45, 2.75) is 20.8 Å². The van der Waals surface area contributed by atoms with Crippen molar-refractivity contribution in [3.63, 3.8) is 0 Å². The molecule has 0 saturated carbocycles. The zero-order valence-corrected chi connectivity index (χ0v) is 8.60. The Morgan fingerprint density at radius 2 is 1.93 bits per heavy atom. The monoisotopic (exact) mass is 195 g/mol. The van der Waals surface area contributed by atoms with Crippen LogP contribution in [0.2, 0.25) is 0 Å². The molecule has 0 atom stereocenters. The van der Waals surface area contributed by atoms with Gasteiger partial charge >= 0.3 is 0 Å². The molecule has 1 aromatic rings. The summed E-state index contributed by atoms with van der Waals surface area (Å²) in [5, 5.41) is 0. The zero-order chi connectivity index (χ0) is 10.9. The Morgan fingerprint density at radius 1 is 1.36 bits per heavy atom. The number of nitrogen functional groups attached to an aromatic ring is 1. The number of halogens is 1. The van der Waals surface area contributed by atoms with E-state index in [-0.39, 0.29) is 11.3 Å². The van der Waals surface area contributed by atoms with Gasteiger partial charge in [0.05, 0.1) is 0 Å². The summed E-state index contributed by atoms with van der Waals surface area (Å²) in [6, 6.07) is 3.84. The van der Waals surface area contributed by atoms with Crippen LogP contribution in [-0.4, -0.2) is 5.78 Å². The molecule has 2 N–H and O–H groups in total.